The first-order chi connectivity index (χ1) is 15.5. The summed E-state index contributed by atoms with van der Waals surface area (Å²) in [4.78, 5) is 12.4. The molecule has 0 saturated carbocycles. The number of halogens is 2. The summed E-state index contributed by atoms with van der Waals surface area (Å²) < 4.78 is 7.23. The van der Waals surface area contributed by atoms with Crippen molar-refractivity contribution < 1.29 is 9.53 Å². The van der Waals surface area contributed by atoms with E-state index in [0.717, 1.165) is 17.1 Å². The van der Waals surface area contributed by atoms with Gasteiger partial charge in [-0.25, -0.2) is 0 Å². The van der Waals surface area contributed by atoms with E-state index in [0.29, 0.717) is 38.9 Å². The highest BCUT2D eigenvalue weighted by Crippen LogP contribution is 2.27. The van der Waals surface area contributed by atoms with E-state index in [1.54, 1.807) is 43.1 Å². The molecule has 3 aromatic rings. The van der Waals surface area contributed by atoms with Gasteiger partial charge in [0, 0.05) is 22.3 Å². The van der Waals surface area contributed by atoms with E-state index in [2.05, 4.69) is 22.1 Å². The number of carbonyl (C=O) groups is 1. The van der Waals surface area contributed by atoms with E-state index in [4.69, 9.17) is 27.9 Å². The number of aromatic nitrogens is 3. The number of amides is 1. The molecule has 32 heavy (non-hydrogen) atoms. The zero-order valence-corrected chi connectivity index (χ0v) is 20.5. The summed E-state index contributed by atoms with van der Waals surface area (Å²) in [6.07, 6.45) is 1.78. The maximum absolute atomic E-state index is 12.4. The summed E-state index contributed by atoms with van der Waals surface area (Å²) in [5, 5.41) is 13.4. The number of carbonyl (C=O) groups excluding carboxylic acids is 1. The number of allylic oxidation sites excluding steroid dienone is 1. The molecule has 2 aromatic carbocycles. The number of rotatable bonds is 11. The van der Waals surface area contributed by atoms with Crippen molar-refractivity contribution in [2.75, 3.05) is 18.2 Å². The lowest BCUT2D eigenvalue weighted by atomic mass is 10.2. The fraction of sp³-hybridized carbons (Fsp3) is 0.227. The Morgan fingerprint density at radius 2 is 2.03 bits per heavy atom. The minimum atomic E-state index is -0.152. The van der Waals surface area contributed by atoms with Gasteiger partial charge in [-0.05, 0) is 29.8 Å². The molecule has 0 aliphatic heterocycles. The van der Waals surface area contributed by atoms with Gasteiger partial charge in [0.25, 0.3) is 0 Å². The normalized spacial score (nSPS) is 10.7. The lowest BCUT2D eigenvalue weighted by Crippen LogP contribution is -2.15. The molecular formula is C22H22Cl2N4O2S2. The summed E-state index contributed by atoms with van der Waals surface area (Å²) >= 11 is 15.2. The van der Waals surface area contributed by atoms with Gasteiger partial charge in [-0.1, -0.05) is 59.2 Å². The molecule has 1 N–H and O–H groups in total. The predicted octanol–water partition coefficient (Wildman–Crippen LogP) is 5.94. The molecule has 3 rings (SSSR count). The van der Waals surface area contributed by atoms with Crippen LogP contribution in [0.2, 0.25) is 10.0 Å². The number of hydrogen-bond donors (Lipinski definition) is 1. The molecule has 168 valence electrons. The van der Waals surface area contributed by atoms with Gasteiger partial charge in [-0.2, -0.15) is 0 Å². The van der Waals surface area contributed by atoms with Crippen molar-refractivity contribution in [3.8, 4) is 5.75 Å². The van der Waals surface area contributed by atoms with Crippen molar-refractivity contribution in [1.29, 1.82) is 0 Å². The third-order valence-electron chi connectivity index (χ3n) is 4.32. The Morgan fingerprint density at radius 3 is 2.78 bits per heavy atom. The van der Waals surface area contributed by atoms with Crippen molar-refractivity contribution in [2.24, 2.45) is 0 Å². The van der Waals surface area contributed by atoms with Crippen molar-refractivity contribution in [3.63, 3.8) is 0 Å². The van der Waals surface area contributed by atoms with Crippen LogP contribution >= 0.6 is 46.7 Å². The molecule has 0 spiro atoms. The molecular weight excluding hydrogens is 487 g/mol. The fourth-order valence-corrected chi connectivity index (χ4v) is 5.09. The molecule has 6 nitrogen and oxygen atoms in total. The van der Waals surface area contributed by atoms with Gasteiger partial charge in [0.05, 0.1) is 24.3 Å². The number of hydrogen-bond acceptors (Lipinski definition) is 6. The van der Waals surface area contributed by atoms with Crippen molar-refractivity contribution in [2.45, 2.75) is 23.2 Å². The largest absolute Gasteiger partial charge is 0.495 e. The summed E-state index contributed by atoms with van der Waals surface area (Å²) in [6.45, 7) is 4.38. The average molecular weight is 509 g/mol. The zero-order valence-electron chi connectivity index (χ0n) is 17.4. The highest BCUT2D eigenvalue weighted by molar-refractivity contribution is 7.99. The first-order valence-corrected chi connectivity index (χ1v) is 12.5. The lowest BCUT2D eigenvalue weighted by molar-refractivity contribution is -0.113. The van der Waals surface area contributed by atoms with Crippen LogP contribution in [-0.4, -0.2) is 33.5 Å². The number of thioether (sulfide) groups is 2. The number of anilines is 1. The van der Waals surface area contributed by atoms with Crippen LogP contribution in [0.25, 0.3) is 0 Å². The summed E-state index contributed by atoms with van der Waals surface area (Å²) in [5.41, 5.74) is 1.64. The standard InChI is InChI=1S/C22H22Cl2N4O2S2/c1-3-10-28-20(13-31-12-15-8-9-16(23)11-17(15)24)26-27-22(28)32-14-21(29)25-18-6-4-5-7-19(18)30-2/h3-9,11H,1,10,12-14H2,2H3,(H,25,29). The average Bonchev–Trinajstić information content (AvgIpc) is 3.16. The minimum Gasteiger partial charge on any atom is -0.495 e. The monoisotopic (exact) mass is 508 g/mol. The molecule has 0 fully saturated rings. The first-order valence-electron chi connectivity index (χ1n) is 9.62. The topological polar surface area (TPSA) is 69.0 Å². The van der Waals surface area contributed by atoms with Crippen molar-refractivity contribution in [3.05, 3.63) is 76.6 Å². The van der Waals surface area contributed by atoms with E-state index in [1.807, 2.05) is 28.8 Å². The third kappa shape index (κ3) is 6.68. The fourth-order valence-electron chi connectivity index (χ4n) is 2.80. The van der Waals surface area contributed by atoms with Crippen molar-refractivity contribution >= 4 is 58.3 Å². The number of nitrogens with zero attached hydrogens (tertiary/aromatic N) is 3. The minimum absolute atomic E-state index is 0.152. The number of ether oxygens (including phenoxy) is 1. The highest BCUT2D eigenvalue weighted by Gasteiger charge is 2.15. The molecule has 1 amide bonds. The van der Waals surface area contributed by atoms with Gasteiger partial charge in [0.1, 0.15) is 11.6 Å². The molecule has 0 radical (unpaired) electrons. The number of nitrogens with one attached hydrogen (secondary N) is 1. The van der Waals surface area contributed by atoms with Gasteiger partial charge in [-0.3, -0.25) is 4.79 Å². The molecule has 0 aliphatic rings. The van der Waals surface area contributed by atoms with E-state index < -0.39 is 0 Å². The smallest absolute Gasteiger partial charge is 0.234 e. The van der Waals surface area contributed by atoms with Crippen LogP contribution in [0.5, 0.6) is 5.75 Å². The Kier molecular flexibility index (Phi) is 9.35. The van der Waals surface area contributed by atoms with Crippen molar-refractivity contribution in [1.82, 2.24) is 14.8 Å². The molecule has 0 bridgehead atoms. The number of benzene rings is 2. The second kappa shape index (κ2) is 12.2. The van der Waals surface area contributed by atoms with Crippen LogP contribution in [0.1, 0.15) is 11.4 Å². The van der Waals surface area contributed by atoms with Crippen LogP contribution in [-0.2, 0) is 22.8 Å². The first kappa shape index (κ1) is 24.5. The second-order valence-corrected chi connectivity index (χ2v) is 9.34. The van der Waals surface area contributed by atoms with E-state index >= 15 is 0 Å². The summed E-state index contributed by atoms with van der Waals surface area (Å²) in [5.74, 6) is 2.84. The van der Waals surface area contributed by atoms with Gasteiger partial charge in [0.2, 0.25) is 5.91 Å². The molecule has 1 aromatic heterocycles. The van der Waals surface area contributed by atoms with Gasteiger partial charge < -0.3 is 14.6 Å². The number of para-hydroxylation sites is 2. The van der Waals surface area contributed by atoms with Gasteiger partial charge >= 0.3 is 0 Å². The molecule has 1 heterocycles. The van der Waals surface area contributed by atoms with E-state index in [-0.39, 0.29) is 11.7 Å². The Morgan fingerprint density at radius 1 is 1.22 bits per heavy atom. The molecule has 10 heteroatoms. The zero-order chi connectivity index (χ0) is 22.9. The lowest BCUT2D eigenvalue weighted by Gasteiger charge is -2.10. The van der Waals surface area contributed by atoms with Crippen LogP contribution in [0.3, 0.4) is 0 Å². The van der Waals surface area contributed by atoms with Crippen LogP contribution in [0.15, 0.2) is 60.3 Å². The number of methoxy groups -OCH3 is 1. The second-order valence-electron chi connectivity index (χ2n) is 6.56. The SMILES string of the molecule is C=CCn1c(CSCc2ccc(Cl)cc2Cl)nnc1SCC(=O)Nc1ccccc1OC. The summed E-state index contributed by atoms with van der Waals surface area (Å²) in [6, 6.07) is 12.8. The maximum Gasteiger partial charge on any atom is 0.234 e. The Bertz CT molecular complexity index is 1090. The molecule has 0 aliphatic carbocycles. The molecule has 0 saturated heterocycles. The third-order valence-corrected chi connectivity index (χ3v) is 6.85. The Balaban J connectivity index is 1.58. The van der Waals surface area contributed by atoms with Gasteiger partial charge in [-0.15, -0.1) is 28.5 Å². The molecule has 0 unspecified atom stereocenters. The van der Waals surface area contributed by atoms with Crippen LogP contribution in [0, 0.1) is 0 Å². The van der Waals surface area contributed by atoms with E-state index in [1.165, 1.54) is 11.8 Å². The van der Waals surface area contributed by atoms with Crippen LogP contribution < -0.4 is 10.1 Å². The molecule has 0 atom stereocenters. The van der Waals surface area contributed by atoms with Gasteiger partial charge in [0.15, 0.2) is 5.16 Å². The quantitative estimate of drug-likeness (QED) is 0.255. The predicted molar refractivity (Wildman–Crippen MR) is 134 cm³/mol. The van der Waals surface area contributed by atoms with Crippen LogP contribution in [0.4, 0.5) is 5.69 Å². The Hall–Kier alpha value is -2.13. The summed E-state index contributed by atoms with van der Waals surface area (Å²) in [7, 11) is 1.57. The maximum atomic E-state index is 12.4. The highest BCUT2D eigenvalue weighted by atomic mass is 35.5. The Labute approximate surface area is 205 Å². The van der Waals surface area contributed by atoms with E-state index in [9.17, 15) is 4.79 Å².